The summed E-state index contributed by atoms with van der Waals surface area (Å²) in [6.45, 7) is 0.0607. The zero-order chi connectivity index (χ0) is 26.7. The molecular weight excluding hydrogens is 492 g/mol. The van der Waals surface area contributed by atoms with E-state index in [0.29, 0.717) is 11.4 Å². The molecule has 1 aromatic heterocycles. The first kappa shape index (κ1) is 23.8. The number of hydrogen-bond acceptors (Lipinski definition) is 5. The van der Waals surface area contributed by atoms with Crippen LogP contribution in [0.25, 0.3) is 0 Å². The first-order valence-electron chi connectivity index (χ1n) is 13.5. The van der Waals surface area contributed by atoms with E-state index in [0.717, 1.165) is 18.4 Å². The summed E-state index contributed by atoms with van der Waals surface area (Å²) in [6.07, 6.45) is 3.57. The van der Waals surface area contributed by atoms with Crippen LogP contribution in [0, 0.1) is 17.8 Å². The standard InChI is InChI=1S/C31H28N4O4/c36-24-19-33(18-22-11-7-8-16-32-22)30(39)31(17-20-9-3-1-4-10-20)26-25(27(35(24)31)21-14-15-21)28(37)34(29(26)38)23-12-5-2-6-13-23/h1-13,16,21,25-27H,14-15,17-19H2/t25?,26?,27?,31-/m1/s1. The van der Waals surface area contributed by atoms with Gasteiger partial charge in [-0.2, -0.15) is 0 Å². The van der Waals surface area contributed by atoms with E-state index in [4.69, 9.17) is 0 Å². The van der Waals surface area contributed by atoms with Crippen molar-refractivity contribution in [2.45, 2.75) is 37.4 Å². The molecule has 0 N–H and O–H groups in total. The minimum atomic E-state index is -1.49. The van der Waals surface area contributed by atoms with Crippen molar-refractivity contribution in [3.63, 3.8) is 0 Å². The number of nitrogens with zero attached hydrogens (tertiary/aromatic N) is 4. The number of aromatic nitrogens is 1. The summed E-state index contributed by atoms with van der Waals surface area (Å²) in [7, 11) is 0. The maximum atomic E-state index is 14.7. The van der Waals surface area contributed by atoms with Crippen LogP contribution in [0.1, 0.15) is 24.1 Å². The molecule has 2 aromatic carbocycles. The zero-order valence-corrected chi connectivity index (χ0v) is 21.3. The van der Waals surface area contributed by atoms with Crippen LogP contribution in [0.2, 0.25) is 0 Å². The predicted octanol–water partition coefficient (Wildman–Crippen LogP) is 2.83. The lowest BCUT2D eigenvalue weighted by Gasteiger charge is -2.49. The van der Waals surface area contributed by atoms with E-state index in [1.54, 1.807) is 41.4 Å². The molecule has 4 amide bonds. The Bertz CT molecular complexity index is 1460. The van der Waals surface area contributed by atoms with Gasteiger partial charge >= 0.3 is 0 Å². The van der Waals surface area contributed by atoms with Gasteiger partial charge in [-0.05, 0) is 48.6 Å². The monoisotopic (exact) mass is 520 g/mol. The predicted molar refractivity (Wildman–Crippen MR) is 142 cm³/mol. The van der Waals surface area contributed by atoms with E-state index in [-0.39, 0.29) is 43.1 Å². The van der Waals surface area contributed by atoms with Gasteiger partial charge in [0.15, 0.2) is 0 Å². The Morgan fingerprint density at radius 3 is 2.18 bits per heavy atom. The normalized spacial score (nSPS) is 28.2. The SMILES string of the molecule is O=C1C2C(C3CC3)N3C(=O)CN(Cc4ccccn4)C(=O)[C@@]3(Cc3ccccc3)C2C(=O)N1c1ccccc1. The van der Waals surface area contributed by atoms with Crippen LogP contribution >= 0.6 is 0 Å². The number of hydrogen-bond donors (Lipinski definition) is 0. The number of para-hydroxylation sites is 1. The number of piperazine rings is 1. The summed E-state index contributed by atoms with van der Waals surface area (Å²) in [5.41, 5.74) is 0.518. The highest BCUT2D eigenvalue weighted by atomic mass is 16.2. The minimum Gasteiger partial charge on any atom is -0.325 e. The minimum absolute atomic E-state index is 0.0978. The Labute approximate surface area is 226 Å². The maximum Gasteiger partial charge on any atom is 0.250 e. The Morgan fingerprint density at radius 1 is 0.821 bits per heavy atom. The van der Waals surface area contributed by atoms with Crippen molar-refractivity contribution in [3.05, 3.63) is 96.3 Å². The lowest BCUT2D eigenvalue weighted by molar-refractivity contribution is -0.168. The summed E-state index contributed by atoms with van der Waals surface area (Å²) in [6, 6.07) is 23.4. The van der Waals surface area contributed by atoms with Crippen LogP contribution < -0.4 is 4.90 Å². The molecular formula is C31H28N4O4. The largest absolute Gasteiger partial charge is 0.325 e. The van der Waals surface area contributed by atoms with Crippen LogP contribution in [-0.2, 0) is 32.1 Å². The van der Waals surface area contributed by atoms with Crippen molar-refractivity contribution in [2.75, 3.05) is 11.4 Å². The summed E-state index contributed by atoms with van der Waals surface area (Å²) in [5, 5.41) is 0. The lowest BCUT2D eigenvalue weighted by Crippen LogP contribution is -2.71. The first-order valence-corrected chi connectivity index (χ1v) is 13.5. The van der Waals surface area contributed by atoms with Crippen molar-refractivity contribution in [3.8, 4) is 0 Å². The van der Waals surface area contributed by atoms with Crippen LogP contribution in [0.15, 0.2) is 85.1 Å². The van der Waals surface area contributed by atoms with E-state index in [1.165, 1.54) is 9.80 Å². The van der Waals surface area contributed by atoms with E-state index in [9.17, 15) is 19.2 Å². The molecule has 7 rings (SSSR count). The topological polar surface area (TPSA) is 90.9 Å². The summed E-state index contributed by atoms with van der Waals surface area (Å²) >= 11 is 0. The van der Waals surface area contributed by atoms with Gasteiger partial charge < -0.3 is 9.80 Å². The second kappa shape index (κ2) is 8.86. The molecule has 0 bridgehead atoms. The molecule has 0 spiro atoms. The molecule has 1 aliphatic carbocycles. The number of carbonyl (C=O) groups is 4. The maximum absolute atomic E-state index is 14.7. The van der Waals surface area contributed by atoms with Gasteiger partial charge in [-0.25, -0.2) is 4.90 Å². The van der Waals surface area contributed by atoms with Gasteiger partial charge in [0, 0.05) is 18.7 Å². The zero-order valence-electron chi connectivity index (χ0n) is 21.3. The van der Waals surface area contributed by atoms with Gasteiger partial charge in [0.25, 0.3) is 5.91 Å². The van der Waals surface area contributed by atoms with Crippen LogP contribution in [0.4, 0.5) is 5.69 Å². The summed E-state index contributed by atoms with van der Waals surface area (Å²) < 4.78 is 0. The van der Waals surface area contributed by atoms with E-state index < -0.39 is 29.3 Å². The van der Waals surface area contributed by atoms with Crippen molar-refractivity contribution in [1.82, 2.24) is 14.8 Å². The molecule has 4 heterocycles. The van der Waals surface area contributed by atoms with Crippen LogP contribution in [0.5, 0.6) is 0 Å². The molecule has 4 aliphatic rings. The molecule has 1 saturated carbocycles. The van der Waals surface area contributed by atoms with Crippen molar-refractivity contribution in [1.29, 1.82) is 0 Å². The molecule has 4 fully saturated rings. The lowest BCUT2D eigenvalue weighted by atomic mass is 9.74. The third kappa shape index (κ3) is 3.54. The van der Waals surface area contributed by atoms with Gasteiger partial charge in [0.2, 0.25) is 17.7 Å². The summed E-state index contributed by atoms with van der Waals surface area (Å²) in [4.78, 5) is 66.0. The third-order valence-electron chi connectivity index (χ3n) is 8.73. The number of rotatable bonds is 6. The number of carbonyl (C=O) groups excluding carboxylic acids is 4. The average molecular weight is 521 g/mol. The molecule has 39 heavy (non-hydrogen) atoms. The Hall–Kier alpha value is -4.33. The third-order valence-corrected chi connectivity index (χ3v) is 8.73. The van der Waals surface area contributed by atoms with Gasteiger partial charge in [-0.3, -0.25) is 24.2 Å². The fraction of sp³-hybridized carbons (Fsp3) is 0.323. The fourth-order valence-corrected chi connectivity index (χ4v) is 7.09. The molecule has 8 nitrogen and oxygen atoms in total. The van der Waals surface area contributed by atoms with Crippen LogP contribution in [0.3, 0.4) is 0 Å². The Balaban J connectivity index is 1.40. The number of amides is 4. The van der Waals surface area contributed by atoms with Gasteiger partial charge in [0.1, 0.15) is 12.1 Å². The summed E-state index contributed by atoms with van der Waals surface area (Å²) in [5.74, 6) is -2.82. The second-order valence-corrected chi connectivity index (χ2v) is 11.0. The number of benzene rings is 2. The van der Waals surface area contributed by atoms with Gasteiger partial charge in [-0.15, -0.1) is 0 Å². The fourth-order valence-electron chi connectivity index (χ4n) is 7.09. The Kier molecular flexibility index (Phi) is 5.40. The molecule has 8 heteroatoms. The van der Waals surface area contributed by atoms with Crippen molar-refractivity contribution >= 4 is 29.3 Å². The number of imide groups is 1. The molecule has 3 unspecified atom stereocenters. The molecule has 0 radical (unpaired) electrons. The second-order valence-electron chi connectivity index (χ2n) is 11.0. The smallest absolute Gasteiger partial charge is 0.250 e. The van der Waals surface area contributed by atoms with Crippen molar-refractivity contribution in [2.24, 2.45) is 17.8 Å². The van der Waals surface area contributed by atoms with E-state index >= 15 is 0 Å². The van der Waals surface area contributed by atoms with Crippen molar-refractivity contribution < 1.29 is 19.2 Å². The highest BCUT2D eigenvalue weighted by molar-refractivity contribution is 6.25. The molecule has 3 aliphatic heterocycles. The molecule has 4 atom stereocenters. The number of pyridine rings is 1. The quantitative estimate of drug-likeness (QED) is 0.467. The molecule has 3 aromatic rings. The highest BCUT2D eigenvalue weighted by Gasteiger charge is 2.76. The average Bonchev–Trinajstić information content (AvgIpc) is 3.70. The Morgan fingerprint density at radius 2 is 1.51 bits per heavy atom. The molecule has 3 saturated heterocycles. The number of anilines is 1. The first-order chi connectivity index (χ1) is 19.0. The van der Waals surface area contributed by atoms with Crippen LogP contribution in [-0.4, -0.2) is 56.5 Å². The van der Waals surface area contributed by atoms with E-state index in [1.807, 2.05) is 48.5 Å². The highest BCUT2D eigenvalue weighted by Crippen LogP contribution is 2.58. The van der Waals surface area contributed by atoms with Gasteiger partial charge in [0.05, 0.1) is 29.8 Å². The van der Waals surface area contributed by atoms with Gasteiger partial charge in [-0.1, -0.05) is 54.6 Å². The van der Waals surface area contributed by atoms with E-state index in [2.05, 4.69) is 4.98 Å². The number of fused-ring (bicyclic) bond motifs is 3. The molecule has 196 valence electrons.